The summed E-state index contributed by atoms with van der Waals surface area (Å²) in [5.41, 5.74) is 10.4. The number of H-pyrrole nitrogens is 1. The normalized spacial score (nSPS) is 13.6. The quantitative estimate of drug-likeness (QED) is 0.223. The molecule has 2 aromatic carbocycles. The number of azo groups is 1. The third-order valence-electron chi connectivity index (χ3n) is 6.71. The monoisotopic (exact) mass is 527 g/mol. The van der Waals surface area contributed by atoms with Crippen LogP contribution in [-0.4, -0.2) is 33.5 Å². The van der Waals surface area contributed by atoms with Gasteiger partial charge in [-0.1, -0.05) is 0 Å². The van der Waals surface area contributed by atoms with Gasteiger partial charge in [-0.15, -0.1) is 0 Å². The number of carbonyl (C=O) groups is 1. The second-order valence-electron chi connectivity index (χ2n) is 9.92. The number of benzene rings is 2. The number of hydrogen-bond acceptors (Lipinski definition) is 8. The minimum absolute atomic E-state index is 0.0815. The molecule has 0 bridgehead atoms. The first-order valence-corrected chi connectivity index (χ1v) is 13.1. The highest BCUT2D eigenvalue weighted by Crippen LogP contribution is 2.31. The van der Waals surface area contributed by atoms with Gasteiger partial charge in [0.1, 0.15) is 5.65 Å². The number of fused-ring (bicyclic) bond motifs is 1. The molecule has 5 N–H and O–H groups in total. The molecule has 3 heterocycles. The van der Waals surface area contributed by atoms with Crippen molar-refractivity contribution in [3.05, 3.63) is 64.6 Å². The molecule has 5 rings (SSSR count). The Bertz CT molecular complexity index is 1580. The Hall–Kier alpha value is -4.51. The van der Waals surface area contributed by atoms with Crippen LogP contribution in [0.3, 0.4) is 0 Å². The Morgan fingerprint density at radius 1 is 1.08 bits per heavy atom. The van der Waals surface area contributed by atoms with E-state index in [1.807, 2.05) is 36.7 Å². The summed E-state index contributed by atoms with van der Waals surface area (Å²) in [5, 5.41) is 15.2. The van der Waals surface area contributed by atoms with Crippen LogP contribution in [0.1, 0.15) is 45.2 Å². The van der Waals surface area contributed by atoms with Gasteiger partial charge in [-0.25, -0.2) is 0 Å². The molecule has 0 atom stereocenters. The second kappa shape index (κ2) is 11.1. The largest absolute Gasteiger partial charge is 0.372 e. The molecule has 0 spiro atoms. The van der Waals surface area contributed by atoms with Gasteiger partial charge < -0.3 is 25.8 Å². The van der Waals surface area contributed by atoms with Crippen molar-refractivity contribution in [2.75, 3.05) is 28.6 Å². The van der Waals surface area contributed by atoms with Crippen molar-refractivity contribution in [2.24, 2.45) is 16.0 Å². The molecule has 1 aliphatic heterocycles. The zero-order valence-corrected chi connectivity index (χ0v) is 22.4. The number of nitrogens with two attached hydrogens (primary N) is 1. The molecule has 202 valence electrons. The fourth-order valence-electron chi connectivity index (χ4n) is 4.78. The smallest absolute Gasteiger partial charge is 0.262 e. The molecule has 2 aromatic heterocycles. The van der Waals surface area contributed by atoms with Gasteiger partial charge in [0, 0.05) is 44.5 Å². The van der Waals surface area contributed by atoms with Crippen molar-refractivity contribution in [3.8, 4) is 0 Å². The van der Waals surface area contributed by atoms with Gasteiger partial charge in [0.15, 0.2) is 0 Å². The van der Waals surface area contributed by atoms with Crippen LogP contribution < -0.4 is 26.8 Å². The van der Waals surface area contributed by atoms with E-state index in [0.717, 1.165) is 24.3 Å². The van der Waals surface area contributed by atoms with Crippen LogP contribution in [0.15, 0.2) is 63.7 Å². The minimum Gasteiger partial charge on any atom is -0.372 e. The molecule has 0 unspecified atom stereocenters. The van der Waals surface area contributed by atoms with Gasteiger partial charge in [-0.2, -0.15) is 15.2 Å². The Kier molecular flexibility index (Phi) is 7.42. The molecular weight excluding hydrogens is 494 g/mol. The van der Waals surface area contributed by atoms with Crippen molar-refractivity contribution in [3.63, 3.8) is 0 Å². The van der Waals surface area contributed by atoms with E-state index in [2.05, 4.69) is 47.9 Å². The molecule has 11 nitrogen and oxygen atoms in total. The van der Waals surface area contributed by atoms with Crippen LogP contribution >= 0.6 is 0 Å². The fourth-order valence-corrected chi connectivity index (χ4v) is 4.78. The van der Waals surface area contributed by atoms with Crippen molar-refractivity contribution in [1.29, 1.82) is 0 Å². The lowest BCUT2D eigenvalue weighted by atomic mass is 10.2. The third-order valence-corrected chi connectivity index (χ3v) is 6.71. The van der Waals surface area contributed by atoms with Crippen molar-refractivity contribution < 1.29 is 4.79 Å². The summed E-state index contributed by atoms with van der Waals surface area (Å²) in [6, 6.07) is 13.3. The number of aromatic nitrogens is 3. The summed E-state index contributed by atoms with van der Waals surface area (Å²) in [6.45, 7) is 7.86. The van der Waals surface area contributed by atoms with Gasteiger partial charge in [0.25, 0.3) is 5.56 Å². The predicted molar refractivity (Wildman–Crippen MR) is 155 cm³/mol. The van der Waals surface area contributed by atoms with E-state index in [0.29, 0.717) is 28.1 Å². The summed E-state index contributed by atoms with van der Waals surface area (Å²) < 4.78 is 1.92. The number of carbonyl (C=O) groups excluding carboxylic acids is 1. The van der Waals surface area contributed by atoms with Gasteiger partial charge in [-0.3, -0.25) is 14.6 Å². The van der Waals surface area contributed by atoms with Crippen molar-refractivity contribution in [1.82, 2.24) is 14.5 Å². The molecule has 0 radical (unpaired) electrons. The van der Waals surface area contributed by atoms with Crippen molar-refractivity contribution >= 4 is 51.3 Å². The van der Waals surface area contributed by atoms with E-state index >= 15 is 0 Å². The summed E-state index contributed by atoms with van der Waals surface area (Å²) in [6.07, 6.45) is 4.31. The maximum absolute atomic E-state index is 13.0. The summed E-state index contributed by atoms with van der Waals surface area (Å²) in [4.78, 5) is 34.7. The lowest BCUT2D eigenvalue weighted by Gasteiger charge is -2.17. The topological polar surface area (TPSA) is 146 Å². The van der Waals surface area contributed by atoms with E-state index < -0.39 is 0 Å². The highest BCUT2D eigenvalue weighted by molar-refractivity contribution is 5.94. The van der Waals surface area contributed by atoms with Crippen LogP contribution in [-0.2, 0) is 11.3 Å². The SMILES string of the molecule is CC(=O)Nc1ccc(/N=N/c2ccc(N3CCCC3)cc2)cc1Nc1nc2c(c(CN)cn2C(C)C)c(=O)[nH]1. The number of anilines is 4. The molecule has 1 fully saturated rings. The Balaban J connectivity index is 1.45. The maximum Gasteiger partial charge on any atom is 0.262 e. The zero-order chi connectivity index (χ0) is 27.5. The van der Waals surface area contributed by atoms with Crippen molar-refractivity contribution in [2.45, 2.75) is 46.2 Å². The van der Waals surface area contributed by atoms with Crippen LogP contribution in [0.4, 0.5) is 34.4 Å². The number of aromatic amines is 1. The van der Waals surface area contributed by atoms with Crippen LogP contribution in [0, 0.1) is 0 Å². The molecule has 1 aliphatic rings. The molecule has 0 saturated carbocycles. The molecule has 4 aromatic rings. The summed E-state index contributed by atoms with van der Waals surface area (Å²) in [7, 11) is 0. The summed E-state index contributed by atoms with van der Waals surface area (Å²) >= 11 is 0. The molecule has 0 aliphatic carbocycles. The summed E-state index contributed by atoms with van der Waals surface area (Å²) in [5.74, 6) is -0.00189. The molecule has 1 saturated heterocycles. The van der Waals surface area contributed by atoms with E-state index in [1.165, 1.54) is 25.5 Å². The number of nitrogens with one attached hydrogen (secondary N) is 3. The highest BCUT2D eigenvalue weighted by atomic mass is 16.1. The van der Waals surface area contributed by atoms with E-state index in [-0.39, 0.29) is 30.0 Å². The first-order chi connectivity index (χ1) is 18.8. The Morgan fingerprint density at radius 2 is 1.77 bits per heavy atom. The molecular formula is C28H33N9O2. The predicted octanol–water partition coefficient (Wildman–Crippen LogP) is 5.48. The third kappa shape index (κ3) is 5.68. The van der Waals surface area contributed by atoms with E-state index in [9.17, 15) is 9.59 Å². The maximum atomic E-state index is 13.0. The van der Waals surface area contributed by atoms with Gasteiger partial charge in [-0.05, 0) is 74.7 Å². The van der Waals surface area contributed by atoms with Gasteiger partial charge in [0.05, 0.1) is 28.1 Å². The second-order valence-corrected chi connectivity index (χ2v) is 9.92. The number of rotatable bonds is 8. The lowest BCUT2D eigenvalue weighted by molar-refractivity contribution is -0.114. The molecule has 1 amide bonds. The Morgan fingerprint density at radius 3 is 2.44 bits per heavy atom. The number of nitrogens with zero attached hydrogens (tertiary/aromatic N) is 5. The number of hydrogen-bond donors (Lipinski definition) is 4. The lowest BCUT2D eigenvalue weighted by Crippen LogP contribution is -2.17. The van der Waals surface area contributed by atoms with Crippen LogP contribution in [0.25, 0.3) is 11.0 Å². The van der Waals surface area contributed by atoms with Gasteiger partial charge in [0.2, 0.25) is 11.9 Å². The number of amides is 1. The first-order valence-electron chi connectivity index (χ1n) is 13.1. The van der Waals surface area contributed by atoms with Crippen LogP contribution in [0.2, 0.25) is 0 Å². The zero-order valence-electron chi connectivity index (χ0n) is 22.4. The first kappa shape index (κ1) is 26.1. The van der Waals surface area contributed by atoms with E-state index in [1.54, 1.807) is 18.2 Å². The van der Waals surface area contributed by atoms with E-state index in [4.69, 9.17) is 5.73 Å². The molecule has 39 heavy (non-hydrogen) atoms. The highest BCUT2D eigenvalue weighted by Gasteiger charge is 2.17. The minimum atomic E-state index is -0.295. The van der Waals surface area contributed by atoms with Crippen LogP contribution in [0.5, 0.6) is 0 Å². The standard InChI is InChI=1S/C28H33N9O2/c1-17(2)37-16-19(15-29)25-26(37)32-28(33-27(25)39)31-24-14-21(8-11-23(24)30-18(3)38)35-34-20-6-9-22(10-7-20)36-12-4-5-13-36/h6-11,14,16-17H,4-5,12-13,15,29H2,1-3H3,(H,30,38)(H2,31,32,33,39)/b35-34+. The van der Waals surface area contributed by atoms with Gasteiger partial charge >= 0.3 is 0 Å². The molecule has 11 heteroatoms. The average Bonchev–Trinajstić information content (AvgIpc) is 3.57. The Labute approximate surface area is 226 Å². The average molecular weight is 528 g/mol. The fraction of sp³-hybridized carbons (Fsp3) is 0.321.